The summed E-state index contributed by atoms with van der Waals surface area (Å²) in [6, 6.07) is 0. The van der Waals surface area contributed by atoms with E-state index < -0.39 is 5.92 Å². The first kappa shape index (κ1) is 11.1. The first-order chi connectivity index (χ1) is 6.55. The number of hydrogen-bond acceptors (Lipinski definition) is 1. The van der Waals surface area contributed by atoms with Gasteiger partial charge in [0.2, 0.25) is 11.8 Å². The Morgan fingerprint density at radius 1 is 1.50 bits per heavy atom. The second kappa shape index (κ2) is 4.53. The standard InChI is InChI=1S/C10H15F2NO/c1-2-7-13-9(14)8-3-5-10(11,12)6-4-8/h2,8H,1,3-7H2,(H,13,14). The maximum Gasteiger partial charge on any atom is 0.248 e. The molecule has 1 saturated carbocycles. The van der Waals surface area contributed by atoms with Gasteiger partial charge in [0.1, 0.15) is 0 Å². The molecule has 0 aromatic heterocycles. The molecule has 1 fully saturated rings. The van der Waals surface area contributed by atoms with E-state index in [1.54, 1.807) is 6.08 Å². The fourth-order valence-electron chi connectivity index (χ4n) is 1.62. The third kappa shape index (κ3) is 3.09. The van der Waals surface area contributed by atoms with Gasteiger partial charge in [-0.15, -0.1) is 6.58 Å². The molecule has 1 N–H and O–H groups in total. The minimum Gasteiger partial charge on any atom is -0.352 e. The first-order valence-corrected chi connectivity index (χ1v) is 4.81. The summed E-state index contributed by atoms with van der Waals surface area (Å²) in [5.74, 6) is -2.93. The van der Waals surface area contributed by atoms with Gasteiger partial charge in [0.05, 0.1) is 0 Å². The van der Waals surface area contributed by atoms with Crippen LogP contribution in [0.4, 0.5) is 8.78 Å². The molecule has 0 aliphatic heterocycles. The Bertz CT molecular complexity index is 218. The van der Waals surface area contributed by atoms with E-state index in [9.17, 15) is 13.6 Å². The van der Waals surface area contributed by atoms with Crippen molar-refractivity contribution >= 4 is 5.91 Å². The summed E-state index contributed by atoms with van der Waals surface area (Å²) in [6.07, 6.45) is 1.82. The van der Waals surface area contributed by atoms with E-state index in [0.717, 1.165) is 0 Å². The SMILES string of the molecule is C=CCNC(=O)C1CCC(F)(F)CC1. The van der Waals surface area contributed by atoms with E-state index in [4.69, 9.17) is 0 Å². The molecule has 0 heterocycles. The summed E-state index contributed by atoms with van der Waals surface area (Å²) in [4.78, 5) is 11.4. The highest BCUT2D eigenvalue weighted by molar-refractivity contribution is 5.78. The molecule has 1 rings (SSSR count). The highest BCUT2D eigenvalue weighted by Crippen LogP contribution is 2.35. The van der Waals surface area contributed by atoms with Gasteiger partial charge in [-0.3, -0.25) is 4.79 Å². The normalized spacial score (nSPS) is 21.6. The smallest absolute Gasteiger partial charge is 0.248 e. The molecule has 0 aromatic rings. The molecule has 14 heavy (non-hydrogen) atoms. The predicted octanol–water partition coefficient (Wildman–Crippen LogP) is 2.11. The van der Waals surface area contributed by atoms with Gasteiger partial charge in [-0.05, 0) is 12.8 Å². The van der Waals surface area contributed by atoms with Crippen LogP contribution in [0, 0.1) is 5.92 Å². The molecular formula is C10H15F2NO. The Morgan fingerprint density at radius 2 is 2.07 bits per heavy atom. The zero-order chi connectivity index (χ0) is 10.6. The Kier molecular flexibility index (Phi) is 3.61. The molecular weight excluding hydrogens is 188 g/mol. The van der Waals surface area contributed by atoms with Gasteiger partial charge in [0.15, 0.2) is 0 Å². The molecule has 1 aliphatic carbocycles. The van der Waals surface area contributed by atoms with Crippen molar-refractivity contribution in [3.8, 4) is 0 Å². The number of rotatable bonds is 3. The van der Waals surface area contributed by atoms with Crippen molar-refractivity contribution in [3.63, 3.8) is 0 Å². The summed E-state index contributed by atoms with van der Waals surface area (Å²) in [7, 11) is 0. The lowest BCUT2D eigenvalue weighted by Gasteiger charge is -2.27. The van der Waals surface area contributed by atoms with Crippen LogP contribution in [0.1, 0.15) is 25.7 Å². The summed E-state index contributed by atoms with van der Waals surface area (Å²) in [6.45, 7) is 3.87. The lowest BCUT2D eigenvalue weighted by Crippen LogP contribution is -2.35. The van der Waals surface area contributed by atoms with E-state index in [1.165, 1.54) is 0 Å². The molecule has 0 unspecified atom stereocenters. The summed E-state index contributed by atoms with van der Waals surface area (Å²) in [5, 5.41) is 2.63. The molecule has 80 valence electrons. The Hall–Kier alpha value is -0.930. The highest BCUT2D eigenvalue weighted by atomic mass is 19.3. The number of amides is 1. The maximum absolute atomic E-state index is 12.7. The second-order valence-electron chi connectivity index (χ2n) is 3.66. The average Bonchev–Trinajstić information content (AvgIpc) is 2.14. The van der Waals surface area contributed by atoms with Crippen molar-refractivity contribution in [2.75, 3.05) is 6.54 Å². The Morgan fingerprint density at radius 3 is 2.57 bits per heavy atom. The molecule has 0 radical (unpaired) electrons. The number of carbonyl (C=O) groups excluding carboxylic acids is 1. The molecule has 0 saturated heterocycles. The average molecular weight is 203 g/mol. The van der Waals surface area contributed by atoms with Crippen LogP contribution in [0.25, 0.3) is 0 Å². The fourth-order valence-corrected chi connectivity index (χ4v) is 1.62. The van der Waals surface area contributed by atoms with Crippen LogP contribution < -0.4 is 5.32 Å². The van der Waals surface area contributed by atoms with Crippen molar-refractivity contribution in [3.05, 3.63) is 12.7 Å². The third-order valence-corrected chi connectivity index (χ3v) is 2.51. The molecule has 4 heteroatoms. The molecule has 0 bridgehead atoms. The molecule has 1 aliphatic rings. The number of halogens is 2. The third-order valence-electron chi connectivity index (χ3n) is 2.51. The van der Waals surface area contributed by atoms with Crippen LogP contribution in [0.15, 0.2) is 12.7 Å². The molecule has 0 spiro atoms. The Balaban J connectivity index is 2.34. The van der Waals surface area contributed by atoms with Crippen molar-refractivity contribution in [2.24, 2.45) is 5.92 Å². The number of nitrogens with one attached hydrogen (secondary N) is 1. The summed E-state index contributed by atoms with van der Waals surface area (Å²) >= 11 is 0. The fraction of sp³-hybridized carbons (Fsp3) is 0.700. The maximum atomic E-state index is 12.7. The first-order valence-electron chi connectivity index (χ1n) is 4.81. The van der Waals surface area contributed by atoms with Gasteiger partial charge in [0.25, 0.3) is 0 Å². The predicted molar refractivity (Wildman–Crippen MR) is 50.1 cm³/mol. The molecule has 0 atom stereocenters. The lowest BCUT2D eigenvalue weighted by atomic mass is 9.86. The van der Waals surface area contributed by atoms with Gasteiger partial charge in [0, 0.05) is 25.3 Å². The van der Waals surface area contributed by atoms with E-state index in [2.05, 4.69) is 11.9 Å². The van der Waals surface area contributed by atoms with E-state index in [1.807, 2.05) is 0 Å². The van der Waals surface area contributed by atoms with Crippen LogP contribution >= 0.6 is 0 Å². The number of carbonyl (C=O) groups is 1. The quantitative estimate of drug-likeness (QED) is 0.699. The highest BCUT2D eigenvalue weighted by Gasteiger charge is 2.37. The summed E-state index contributed by atoms with van der Waals surface area (Å²) < 4.78 is 25.5. The second-order valence-corrected chi connectivity index (χ2v) is 3.66. The van der Waals surface area contributed by atoms with Gasteiger partial charge < -0.3 is 5.32 Å². The number of hydrogen-bond donors (Lipinski definition) is 1. The van der Waals surface area contributed by atoms with Crippen molar-refractivity contribution in [1.82, 2.24) is 5.32 Å². The van der Waals surface area contributed by atoms with Crippen LogP contribution in [0.3, 0.4) is 0 Å². The van der Waals surface area contributed by atoms with Gasteiger partial charge in [-0.1, -0.05) is 6.08 Å². The summed E-state index contributed by atoms with van der Waals surface area (Å²) in [5.41, 5.74) is 0. The van der Waals surface area contributed by atoms with Crippen LogP contribution in [-0.4, -0.2) is 18.4 Å². The number of alkyl halides is 2. The topological polar surface area (TPSA) is 29.1 Å². The van der Waals surface area contributed by atoms with Crippen LogP contribution in [0.2, 0.25) is 0 Å². The van der Waals surface area contributed by atoms with Crippen LogP contribution in [0.5, 0.6) is 0 Å². The largest absolute Gasteiger partial charge is 0.352 e. The van der Waals surface area contributed by atoms with Crippen molar-refractivity contribution in [2.45, 2.75) is 31.6 Å². The zero-order valence-electron chi connectivity index (χ0n) is 8.06. The van der Waals surface area contributed by atoms with Gasteiger partial charge in [-0.2, -0.15) is 0 Å². The van der Waals surface area contributed by atoms with Gasteiger partial charge in [-0.25, -0.2) is 8.78 Å². The molecule has 1 amide bonds. The monoisotopic (exact) mass is 203 g/mol. The van der Waals surface area contributed by atoms with Crippen molar-refractivity contribution in [1.29, 1.82) is 0 Å². The van der Waals surface area contributed by atoms with Crippen LogP contribution in [-0.2, 0) is 4.79 Å². The lowest BCUT2D eigenvalue weighted by molar-refractivity contribution is -0.128. The van der Waals surface area contributed by atoms with Gasteiger partial charge >= 0.3 is 0 Å². The minimum atomic E-state index is -2.56. The van der Waals surface area contributed by atoms with Crippen molar-refractivity contribution < 1.29 is 13.6 Å². The minimum absolute atomic E-state index is 0.125. The Labute approximate surface area is 82.4 Å². The molecule has 0 aromatic carbocycles. The molecule has 2 nitrogen and oxygen atoms in total. The van der Waals surface area contributed by atoms with E-state index in [-0.39, 0.29) is 37.5 Å². The van der Waals surface area contributed by atoms with E-state index in [0.29, 0.717) is 6.54 Å². The zero-order valence-corrected chi connectivity index (χ0v) is 8.06. The van der Waals surface area contributed by atoms with E-state index >= 15 is 0 Å².